The first kappa shape index (κ1) is 22.3. The Morgan fingerprint density at radius 3 is 2.53 bits per heavy atom. The third-order valence-corrected chi connectivity index (χ3v) is 7.81. The van der Waals surface area contributed by atoms with E-state index in [0.29, 0.717) is 24.2 Å². The van der Waals surface area contributed by atoms with E-state index in [1.54, 1.807) is 11.8 Å². The van der Waals surface area contributed by atoms with E-state index in [0.717, 1.165) is 42.6 Å². The minimum atomic E-state index is -0.297. The SMILES string of the molecule is C=Cc1cccc(C2(Cc3nc(=O)c(C)c4n3C[C@H](c3ccccc3)N(C)C4=O)CCCC2)c1. The summed E-state index contributed by atoms with van der Waals surface area (Å²) in [7, 11) is 1.83. The fraction of sp³-hybridized carbons (Fsp3) is 0.345. The van der Waals surface area contributed by atoms with E-state index in [1.807, 2.05) is 35.9 Å². The Morgan fingerprint density at radius 2 is 1.82 bits per heavy atom. The predicted molar refractivity (Wildman–Crippen MR) is 135 cm³/mol. The molecule has 1 fully saturated rings. The van der Waals surface area contributed by atoms with Crippen LogP contribution in [0.15, 0.2) is 66.0 Å². The van der Waals surface area contributed by atoms with E-state index in [4.69, 9.17) is 0 Å². The van der Waals surface area contributed by atoms with Crippen LogP contribution < -0.4 is 5.56 Å². The highest BCUT2D eigenvalue weighted by Crippen LogP contribution is 2.44. The summed E-state index contributed by atoms with van der Waals surface area (Å²) in [6.07, 6.45) is 6.91. The van der Waals surface area contributed by atoms with Crippen LogP contribution in [0.1, 0.15) is 70.3 Å². The molecule has 3 aromatic rings. The summed E-state index contributed by atoms with van der Waals surface area (Å²) in [5.41, 5.74) is 3.98. The van der Waals surface area contributed by atoms with Gasteiger partial charge in [-0.05, 0) is 36.5 Å². The lowest BCUT2D eigenvalue weighted by atomic mass is 9.75. The van der Waals surface area contributed by atoms with E-state index >= 15 is 0 Å². The van der Waals surface area contributed by atoms with Gasteiger partial charge in [-0.1, -0.05) is 80.1 Å². The average molecular weight is 454 g/mol. The maximum atomic E-state index is 13.5. The minimum absolute atomic E-state index is 0.0941. The van der Waals surface area contributed by atoms with Gasteiger partial charge in [0, 0.05) is 31.0 Å². The monoisotopic (exact) mass is 453 g/mol. The lowest BCUT2D eigenvalue weighted by Crippen LogP contribution is -2.45. The Kier molecular flexibility index (Phi) is 5.72. The van der Waals surface area contributed by atoms with Crippen molar-refractivity contribution in [1.82, 2.24) is 14.5 Å². The molecule has 2 aliphatic rings. The smallest absolute Gasteiger partial charge is 0.276 e. The summed E-state index contributed by atoms with van der Waals surface area (Å²) in [4.78, 5) is 32.8. The van der Waals surface area contributed by atoms with Gasteiger partial charge in [-0.3, -0.25) is 9.59 Å². The molecule has 1 aromatic heterocycles. The Balaban J connectivity index is 1.63. The van der Waals surface area contributed by atoms with Gasteiger partial charge in [-0.2, -0.15) is 4.98 Å². The first-order valence-electron chi connectivity index (χ1n) is 12.1. The molecule has 1 amide bonds. The molecule has 0 bridgehead atoms. The van der Waals surface area contributed by atoms with Crippen molar-refractivity contribution in [2.24, 2.45) is 0 Å². The van der Waals surface area contributed by atoms with Crippen LogP contribution in [0.3, 0.4) is 0 Å². The molecule has 0 unspecified atom stereocenters. The van der Waals surface area contributed by atoms with Crippen LogP contribution >= 0.6 is 0 Å². The second kappa shape index (κ2) is 8.71. The van der Waals surface area contributed by atoms with Gasteiger partial charge in [0.25, 0.3) is 11.5 Å². The van der Waals surface area contributed by atoms with Crippen molar-refractivity contribution < 1.29 is 4.79 Å². The zero-order valence-corrected chi connectivity index (χ0v) is 20.0. The third-order valence-electron chi connectivity index (χ3n) is 7.81. The molecular formula is C29H31N3O2. The highest BCUT2D eigenvalue weighted by molar-refractivity contribution is 5.94. The van der Waals surface area contributed by atoms with Gasteiger partial charge in [0.15, 0.2) is 0 Å². The van der Waals surface area contributed by atoms with Crippen molar-refractivity contribution in [2.75, 3.05) is 7.05 Å². The molecule has 0 radical (unpaired) electrons. The standard InChI is InChI=1S/C29H31N3O2/c1-4-21-11-10-14-23(17-21)29(15-8-9-16-29)18-25-30-27(33)20(2)26-28(34)31(3)24(19-32(25)26)22-12-6-5-7-13-22/h4-7,10-14,17,24H,1,8-9,15-16,18-19H2,2-3H3/t24-/m1/s1. The zero-order chi connectivity index (χ0) is 23.9. The molecule has 5 rings (SSSR count). The molecule has 0 saturated heterocycles. The fourth-order valence-electron chi connectivity index (χ4n) is 5.83. The molecule has 0 N–H and O–H groups in total. The first-order valence-corrected chi connectivity index (χ1v) is 12.1. The van der Waals surface area contributed by atoms with Crippen LogP contribution in [0.25, 0.3) is 6.08 Å². The summed E-state index contributed by atoms with van der Waals surface area (Å²) in [6.45, 7) is 6.25. The molecule has 174 valence electrons. The van der Waals surface area contributed by atoms with Crippen LogP contribution in [0, 0.1) is 6.92 Å². The molecular weight excluding hydrogens is 422 g/mol. The van der Waals surface area contributed by atoms with Gasteiger partial charge >= 0.3 is 0 Å². The number of benzene rings is 2. The predicted octanol–water partition coefficient (Wildman–Crippen LogP) is 5.08. The van der Waals surface area contributed by atoms with Crippen molar-refractivity contribution in [2.45, 2.75) is 57.0 Å². The Labute approximate surface area is 200 Å². The van der Waals surface area contributed by atoms with Gasteiger partial charge in [0.1, 0.15) is 11.5 Å². The Morgan fingerprint density at radius 1 is 1.09 bits per heavy atom. The number of fused-ring (bicyclic) bond motifs is 1. The second-order valence-electron chi connectivity index (χ2n) is 9.75. The van der Waals surface area contributed by atoms with Gasteiger partial charge < -0.3 is 9.47 Å². The number of rotatable bonds is 5. The van der Waals surface area contributed by atoms with Crippen molar-refractivity contribution >= 4 is 12.0 Å². The zero-order valence-electron chi connectivity index (χ0n) is 20.0. The number of carbonyl (C=O) groups excluding carboxylic acids is 1. The molecule has 1 atom stereocenters. The van der Waals surface area contributed by atoms with E-state index in [9.17, 15) is 9.59 Å². The molecule has 1 aliphatic carbocycles. The van der Waals surface area contributed by atoms with Crippen LogP contribution in [0.4, 0.5) is 0 Å². The van der Waals surface area contributed by atoms with E-state index in [1.165, 1.54) is 5.56 Å². The van der Waals surface area contributed by atoms with E-state index in [-0.39, 0.29) is 22.9 Å². The molecule has 5 nitrogen and oxygen atoms in total. The molecule has 34 heavy (non-hydrogen) atoms. The molecule has 5 heteroatoms. The van der Waals surface area contributed by atoms with Gasteiger partial charge in [-0.25, -0.2) is 0 Å². The summed E-state index contributed by atoms with van der Waals surface area (Å²) < 4.78 is 2.04. The number of hydrogen-bond acceptors (Lipinski definition) is 3. The lowest BCUT2D eigenvalue weighted by Gasteiger charge is -2.38. The summed E-state index contributed by atoms with van der Waals surface area (Å²) in [5.74, 6) is 0.603. The van der Waals surface area contributed by atoms with Crippen molar-refractivity contribution in [3.8, 4) is 0 Å². The number of likely N-dealkylation sites (N-methyl/N-ethyl adjacent to an activating group) is 1. The van der Waals surface area contributed by atoms with E-state index in [2.05, 4.69) is 48.0 Å². The normalized spacial score (nSPS) is 19.2. The summed E-state index contributed by atoms with van der Waals surface area (Å²) in [6, 6.07) is 18.5. The highest BCUT2D eigenvalue weighted by Gasteiger charge is 2.40. The minimum Gasteiger partial charge on any atom is -0.332 e. The maximum Gasteiger partial charge on any atom is 0.276 e. The van der Waals surface area contributed by atoms with Crippen molar-refractivity contribution in [3.05, 3.63) is 105 Å². The molecule has 0 spiro atoms. The Bertz CT molecular complexity index is 1300. The molecule has 1 aliphatic heterocycles. The van der Waals surface area contributed by atoms with Crippen LogP contribution in [0.2, 0.25) is 0 Å². The largest absolute Gasteiger partial charge is 0.332 e. The quantitative estimate of drug-likeness (QED) is 0.542. The lowest BCUT2D eigenvalue weighted by molar-refractivity contribution is 0.0644. The number of carbonyl (C=O) groups is 1. The average Bonchev–Trinajstić information content (AvgIpc) is 3.34. The number of nitrogens with zero attached hydrogens (tertiary/aromatic N) is 3. The third kappa shape index (κ3) is 3.69. The van der Waals surface area contributed by atoms with Crippen molar-refractivity contribution in [3.63, 3.8) is 0 Å². The van der Waals surface area contributed by atoms with Crippen molar-refractivity contribution in [1.29, 1.82) is 0 Å². The molecule has 2 heterocycles. The molecule has 1 saturated carbocycles. The van der Waals surface area contributed by atoms with E-state index < -0.39 is 0 Å². The van der Waals surface area contributed by atoms with Gasteiger partial charge in [0.05, 0.1) is 6.04 Å². The van der Waals surface area contributed by atoms with Gasteiger partial charge in [-0.15, -0.1) is 0 Å². The molecule has 2 aromatic carbocycles. The summed E-state index contributed by atoms with van der Waals surface area (Å²) in [5, 5.41) is 0. The van der Waals surface area contributed by atoms with Gasteiger partial charge in [0.2, 0.25) is 0 Å². The first-order chi connectivity index (χ1) is 16.4. The highest BCUT2D eigenvalue weighted by atomic mass is 16.2. The number of aromatic nitrogens is 2. The Hall–Kier alpha value is -3.47. The van der Waals surface area contributed by atoms with Crippen LogP contribution in [-0.2, 0) is 18.4 Å². The summed E-state index contributed by atoms with van der Waals surface area (Å²) >= 11 is 0. The number of hydrogen-bond donors (Lipinski definition) is 0. The van der Waals surface area contributed by atoms with Crippen LogP contribution in [0.5, 0.6) is 0 Å². The van der Waals surface area contributed by atoms with Crippen LogP contribution in [-0.4, -0.2) is 27.4 Å². The number of amides is 1. The topological polar surface area (TPSA) is 55.2 Å². The maximum absolute atomic E-state index is 13.5. The second-order valence-corrected chi connectivity index (χ2v) is 9.75. The fourth-order valence-corrected chi connectivity index (χ4v) is 5.83.